The number of aliphatic imine (C=N–C) groups is 1. The number of thioether (sulfide) groups is 1. The Morgan fingerprint density at radius 1 is 1.20 bits per heavy atom. The second kappa shape index (κ2) is 7.36. The molecule has 0 unspecified atom stereocenters. The van der Waals surface area contributed by atoms with E-state index in [1.165, 1.54) is 17.3 Å². The van der Waals surface area contributed by atoms with E-state index in [9.17, 15) is 9.59 Å². The van der Waals surface area contributed by atoms with Crippen LogP contribution in [0.5, 0.6) is 0 Å². The Balaban J connectivity index is 1.85. The summed E-state index contributed by atoms with van der Waals surface area (Å²) in [6, 6.07) is 14.8. The average Bonchev–Trinajstić information content (AvgIpc) is 2.95. The van der Waals surface area contributed by atoms with Crippen molar-refractivity contribution in [1.29, 1.82) is 0 Å². The lowest BCUT2D eigenvalue weighted by molar-refractivity contribution is -0.115. The van der Waals surface area contributed by atoms with E-state index in [2.05, 4.69) is 17.2 Å². The van der Waals surface area contributed by atoms with E-state index >= 15 is 0 Å². The molecule has 0 spiro atoms. The molecule has 2 aromatic rings. The molecular weight excluding hydrogens is 334 g/mol. The average molecular weight is 351 g/mol. The first-order chi connectivity index (χ1) is 12.1. The third-order valence-corrected chi connectivity index (χ3v) is 4.64. The third-order valence-electron chi connectivity index (χ3n) is 3.73. The van der Waals surface area contributed by atoms with Gasteiger partial charge in [0.05, 0.1) is 16.2 Å². The number of amides is 2. The van der Waals surface area contributed by atoms with Crippen molar-refractivity contribution >= 4 is 40.5 Å². The van der Waals surface area contributed by atoms with E-state index in [0.29, 0.717) is 21.3 Å². The Labute approximate surface area is 150 Å². The molecule has 1 heterocycles. The van der Waals surface area contributed by atoms with Gasteiger partial charge in [0.2, 0.25) is 0 Å². The number of nitrogens with zero attached hydrogens (tertiary/aromatic N) is 1. The van der Waals surface area contributed by atoms with Gasteiger partial charge in [0, 0.05) is 0 Å². The Morgan fingerprint density at radius 3 is 2.60 bits per heavy atom. The highest BCUT2D eigenvalue weighted by atomic mass is 32.2. The quantitative estimate of drug-likeness (QED) is 0.829. The maximum atomic E-state index is 12.1. The second-order valence-electron chi connectivity index (χ2n) is 5.46. The fraction of sp³-hybridized carbons (Fsp3) is 0.105. The molecule has 6 heteroatoms. The summed E-state index contributed by atoms with van der Waals surface area (Å²) in [6.45, 7) is 2.10. The van der Waals surface area contributed by atoms with Crippen LogP contribution < -0.4 is 11.1 Å². The lowest BCUT2D eigenvalue weighted by Gasteiger charge is -2.01. The molecule has 1 aliphatic rings. The summed E-state index contributed by atoms with van der Waals surface area (Å²) in [5.74, 6) is -0.763. The fourth-order valence-electron chi connectivity index (χ4n) is 2.37. The summed E-state index contributed by atoms with van der Waals surface area (Å²) < 4.78 is 0. The van der Waals surface area contributed by atoms with Crippen molar-refractivity contribution in [2.45, 2.75) is 13.3 Å². The molecule has 0 radical (unpaired) electrons. The van der Waals surface area contributed by atoms with Gasteiger partial charge >= 0.3 is 0 Å². The molecule has 25 heavy (non-hydrogen) atoms. The van der Waals surface area contributed by atoms with Crippen LogP contribution in [0.4, 0.5) is 5.69 Å². The van der Waals surface area contributed by atoms with Gasteiger partial charge in [-0.2, -0.15) is 0 Å². The molecule has 0 aliphatic carbocycles. The summed E-state index contributed by atoms with van der Waals surface area (Å²) in [4.78, 5) is 28.5. The highest BCUT2D eigenvalue weighted by molar-refractivity contribution is 8.18. The van der Waals surface area contributed by atoms with Crippen LogP contribution in [-0.4, -0.2) is 17.0 Å². The largest absolute Gasteiger partial charge is 0.366 e. The molecule has 1 saturated heterocycles. The van der Waals surface area contributed by atoms with Crippen molar-refractivity contribution in [1.82, 2.24) is 5.32 Å². The number of hydrogen-bond donors (Lipinski definition) is 2. The van der Waals surface area contributed by atoms with E-state index in [1.807, 2.05) is 30.3 Å². The Morgan fingerprint density at radius 2 is 1.92 bits per heavy atom. The Hall–Kier alpha value is -2.86. The number of amidine groups is 1. The van der Waals surface area contributed by atoms with Gasteiger partial charge < -0.3 is 11.1 Å². The first-order valence-corrected chi connectivity index (χ1v) is 8.66. The normalized spacial score (nSPS) is 17.1. The molecule has 5 nitrogen and oxygen atoms in total. The lowest BCUT2D eigenvalue weighted by atomic mass is 10.1. The summed E-state index contributed by atoms with van der Waals surface area (Å²) in [5, 5.41) is 3.14. The predicted molar refractivity (Wildman–Crippen MR) is 102 cm³/mol. The van der Waals surface area contributed by atoms with Crippen molar-refractivity contribution in [2.24, 2.45) is 10.7 Å². The fourth-order valence-corrected chi connectivity index (χ4v) is 3.21. The zero-order chi connectivity index (χ0) is 17.8. The van der Waals surface area contributed by atoms with Crippen LogP contribution in [0.3, 0.4) is 0 Å². The maximum Gasteiger partial charge on any atom is 0.264 e. The van der Waals surface area contributed by atoms with Gasteiger partial charge in [-0.3, -0.25) is 9.59 Å². The van der Waals surface area contributed by atoms with Gasteiger partial charge in [-0.05, 0) is 47.5 Å². The van der Waals surface area contributed by atoms with Gasteiger partial charge in [0.25, 0.3) is 11.8 Å². The van der Waals surface area contributed by atoms with Gasteiger partial charge in [-0.1, -0.05) is 43.3 Å². The minimum atomic E-state index is -0.555. The molecule has 2 aromatic carbocycles. The zero-order valence-electron chi connectivity index (χ0n) is 13.7. The van der Waals surface area contributed by atoms with Crippen molar-refractivity contribution in [2.75, 3.05) is 0 Å². The number of hydrogen-bond acceptors (Lipinski definition) is 4. The van der Waals surface area contributed by atoms with Gasteiger partial charge in [-0.15, -0.1) is 0 Å². The number of benzene rings is 2. The van der Waals surface area contributed by atoms with Crippen LogP contribution in [0.2, 0.25) is 0 Å². The molecule has 1 aliphatic heterocycles. The highest BCUT2D eigenvalue weighted by Crippen LogP contribution is 2.29. The smallest absolute Gasteiger partial charge is 0.264 e. The first-order valence-electron chi connectivity index (χ1n) is 7.84. The number of carbonyl (C=O) groups excluding carboxylic acids is 2. The number of nitrogens with one attached hydrogen (secondary N) is 1. The number of nitrogens with two attached hydrogens (primary N) is 1. The van der Waals surface area contributed by atoms with E-state index in [4.69, 9.17) is 5.73 Å². The second-order valence-corrected chi connectivity index (χ2v) is 6.49. The van der Waals surface area contributed by atoms with Crippen LogP contribution in [0.15, 0.2) is 58.4 Å². The predicted octanol–water partition coefficient (Wildman–Crippen LogP) is 3.24. The highest BCUT2D eigenvalue weighted by Gasteiger charge is 2.24. The van der Waals surface area contributed by atoms with Crippen molar-refractivity contribution in [3.05, 3.63) is 70.1 Å². The third kappa shape index (κ3) is 3.97. The minimum absolute atomic E-state index is 0.208. The molecule has 0 atom stereocenters. The molecular formula is C19H17N3O2S. The van der Waals surface area contributed by atoms with Crippen molar-refractivity contribution in [3.8, 4) is 0 Å². The van der Waals surface area contributed by atoms with Crippen molar-refractivity contribution in [3.63, 3.8) is 0 Å². The molecule has 1 fully saturated rings. The summed E-state index contributed by atoms with van der Waals surface area (Å²) in [5.41, 5.74) is 8.31. The van der Waals surface area contributed by atoms with Crippen LogP contribution in [0.1, 0.15) is 28.4 Å². The van der Waals surface area contributed by atoms with Crippen LogP contribution >= 0.6 is 11.8 Å². The number of para-hydroxylation sites is 1. The lowest BCUT2D eigenvalue weighted by Crippen LogP contribution is -2.19. The van der Waals surface area contributed by atoms with Gasteiger partial charge in [0.1, 0.15) is 0 Å². The number of carbonyl (C=O) groups is 2. The van der Waals surface area contributed by atoms with Gasteiger partial charge in [-0.25, -0.2) is 4.99 Å². The SMILES string of the molecule is CCc1ccc(/C=C2\SC(=Nc3ccccc3C(N)=O)NC2=O)cc1. The van der Waals surface area contributed by atoms with E-state index in [1.54, 1.807) is 24.3 Å². The summed E-state index contributed by atoms with van der Waals surface area (Å²) in [6.07, 6.45) is 2.80. The molecule has 126 valence electrons. The summed E-state index contributed by atoms with van der Waals surface area (Å²) >= 11 is 1.24. The van der Waals surface area contributed by atoms with Crippen LogP contribution in [-0.2, 0) is 11.2 Å². The maximum absolute atomic E-state index is 12.1. The topological polar surface area (TPSA) is 84.5 Å². The number of aryl methyl sites for hydroxylation is 1. The molecule has 2 amide bonds. The van der Waals surface area contributed by atoms with Gasteiger partial charge in [0.15, 0.2) is 5.17 Å². The summed E-state index contributed by atoms with van der Waals surface area (Å²) in [7, 11) is 0. The molecule has 3 N–H and O–H groups in total. The first kappa shape index (κ1) is 17.0. The Bertz CT molecular complexity index is 886. The van der Waals surface area contributed by atoms with Crippen molar-refractivity contribution < 1.29 is 9.59 Å². The Kier molecular flexibility index (Phi) is 5.00. The monoisotopic (exact) mass is 351 g/mol. The van der Waals surface area contributed by atoms with E-state index in [0.717, 1.165) is 12.0 Å². The van der Waals surface area contributed by atoms with E-state index in [-0.39, 0.29) is 5.91 Å². The van der Waals surface area contributed by atoms with Crippen LogP contribution in [0, 0.1) is 0 Å². The zero-order valence-corrected chi connectivity index (χ0v) is 14.5. The number of rotatable bonds is 4. The van der Waals surface area contributed by atoms with E-state index < -0.39 is 5.91 Å². The molecule has 0 bridgehead atoms. The van der Waals surface area contributed by atoms with Crippen LogP contribution in [0.25, 0.3) is 6.08 Å². The standard InChI is InChI=1S/C19H17N3O2S/c1-2-12-7-9-13(10-8-12)11-16-18(24)22-19(25-16)21-15-6-4-3-5-14(15)17(20)23/h3-11H,2H2,1H3,(H2,20,23)(H,21,22,24)/b16-11-. The number of primary amides is 1. The minimum Gasteiger partial charge on any atom is -0.366 e. The molecule has 0 aromatic heterocycles. The molecule has 3 rings (SSSR count). The molecule has 0 saturated carbocycles.